The Labute approximate surface area is 254 Å². The van der Waals surface area contributed by atoms with Gasteiger partial charge in [-0.2, -0.15) is 10.1 Å². The lowest BCUT2D eigenvalue weighted by Gasteiger charge is -2.26. The zero-order valence-electron chi connectivity index (χ0n) is 23.2. The fourth-order valence-electron chi connectivity index (χ4n) is 5.47. The molecule has 8 N–H and O–H groups in total. The molecule has 2 unspecified atom stereocenters. The molecule has 7 rings (SSSR count). The molecule has 4 aromatic rings. The molecular weight excluding hydrogens is 664 g/mol. The van der Waals surface area contributed by atoms with Gasteiger partial charge in [0.25, 0.3) is 5.56 Å². The van der Waals surface area contributed by atoms with E-state index >= 15 is 0 Å². The quantitative estimate of drug-likeness (QED) is 0.123. The molecule has 26 heteroatoms. The Morgan fingerprint density at radius 3 is 2.46 bits per heavy atom. The molecule has 7 heterocycles. The maximum absolute atomic E-state index is 13.3. The highest BCUT2D eigenvalue weighted by atomic mass is 31.2. The number of aliphatic hydroxyl groups is 1. The van der Waals surface area contributed by atoms with Crippen LogP contribution in [0.25, 0.3) is 22.2 Å². The molecular formula is C20H25N11O13P2. The Balaban J connectivity index is 1.22. The summed E-state index contributed by atoms with van der Waals surface area (Å²) in [5, 5.41) is 26.5. The van der Waals surface area contributed by atoms with Crippen LogP contribution in [0.4, 0.5) is 11.8 Å². The van der Waals surface area contributed by atoms with Crippen molar-refractivity contribution in [3.63, 3.8) is 0 Å². The van der Waals surface area contributed by atoms with Crippen LogP contribution in [0.1, 0.15) is 12.5 Å². The maximum Gasteiger partial charge on any atom is 0.472 e. The number of methoxy groups -OCH3 is 1. The van der Waals surface area contributed by atoms with Crippen LogP contribution in [-0.4, -0.2) is 117 Å². The van der Waals surface area contributed by atoms with Gasteiger partial charge in [-0.15, -0.1) is 10.2 Å². The number of H-pyrrole nitrogens is 1. The maximum atomic E-state index is 13.3. The van der Waals surface area contributed by atoms with Gasteiger partial charge in [-0.05, 0) is 5.21 Å². The van der Waals surface area contributed by atoms with E-state index in [-0.39, 0.29) is 34.0 Å². The second kappa shape index (κ2) is 11.3. The highest BCUT2D eigenvalue weighted by Gasteiger charge is 2.54. The summed E-state index contributed by atoms with van der Waals surface area (Å²) >= 11 is 0. The zero-order valence-corrected chi connectivity index (χ0v) is 25.0. The van der Waals surface area contributed by atoms with Gasteiger partial charge in [-0.1, -0.05) is 0 Å². The molecule has 0 radical (unpaired) electrons. The minimum absolute atomic E-state index is 0.0169. The summed E-state index contributed by atoms with van der Waals surface area (Å²) in [5.41, 5.74) is 10.7. The number of aromatic nitrogens is 9. The molecule has 0 amide bonds. The number of phosphoric ester groups is 2. The molecule has 3 fully saturated rings. The summed E-state index contributed by atoms with van der Waals surface area (Å²) < 4.78 is 67.4. The number of aliphatic hydroxyl groups excluding tert-OH is 1. The van der Waals surface area contributed by atoms with Gasteiger partial charge in [-0.3, -0.25) is 32.4 Å². The molecule has 3 aliphatic rings. The van der Waals surface area contributed by atoms with Crippen molar-refractivity contribution in [1.29, 1.82) is 0 Å². The normalized spacial score (nSPS) is 37.1. The van der Waals surface area contributed by atoms with Crippen LogP contribution in [0.2, 0.25) is 0 Å². The van der Waals surface area contributed by atoms with Crippen molar-refractivity contribution < 1.29 is 56.3 Å². The van der Waals surface area contributed by atoms with Crippen LogP contribution >= 0.6 is 15.6 Å². The van der Waals surface area contributed by atoms with Gasteiger partial charge in [0.15, 0.2) is 35.1 Å². The Kier molecular flexibility index (Phi) is 7.66. The predicted molar refractivity (Wildman–Crippen MR) is 146 cm³/mol. The number of aromatic amines is 1. The van der Waals surface area contributed by atoms with Crippen LogP contribution in [0.5, 0.6) is 0 Å². The second-order valence-corrected chi connectivity index (χ2v) is 13.1. The molecule has 4 aromatic heterocycles. The highest BCUT2D eigenvalue weighted by Crippen LogP contribution is 2.54. The number of ether oxygens (including phenoxy) is 3. The molecule has 46 heavy (non-hydrogen) atoms. The van der Waals surface area contributed by atoms with Gasteiger partial charge >= 0.3 is 15.6 Å². The van der Waals surface area contributed by atoms with Crippen LogP contribution < -0.4 is 17.0 Å². The van der Waals surface area contributed by atoms with E-state index in [9.17, 15) is 28.8 Å². The summed E-state index contributed by atoms with van der Waals surface area (Å²) in [4.78, 5) is 44.2. The number of phosphoric acid groups is 2. The van der Waals surface area contributed by atoms with Gasteiger partial charge in [-0.25, -0.2) is 18.8 Å². The van der Waals surface area contributed by atoms with Crippen LogP contribution in [0.15, 0.2) is 17.3 Å². The van der Waals surface area contributed by atoms with E-state index in [1.54, 1.807) is 0 Å². The Morgan fingerprint density at radius 1 is 1.02 bits per heavy atom. The van der Waals surface area contributed by atoms with Gasteiger partial charge in [0.2, 0.25) is 5.95 Å². The first-order valence-corrected chi connectivity index (χ1v) is 16.2. The number of nitrogens with one attached hydrogen (secondary N) is 1. The first kappa shape index (κ1) is 31.1. The first-order chi connectivity index (χ1) is 21.9. The lowest BCUT2D eigenvalue weighted by atomic mass is 10.1. The summed E-state index contributed by atoms with van der Waals surface area (Å²) in [5.74, 6) is -0.270. The molecule has 0 saturated carbocycles. The van der Waals surface area contributed by atoms with E-state index in [2.05, 4.69) is 35.5 Å². The topological polar surface area (TPSA) is 332 Å². The standard InChI is InChI=1S/C20H25N11O13P2/c1-38-12-8-4-40-45(34,35)43-11-7(41-18(10(11)32)31-15-6(2-24-31)14(21)27-29-28-15)3-39-46(36,37)44-13(12)19(42-8)30-5-23-9-16(30)25-20(22)26-17(9)33/h2,5,7-8,10-13,18-19,32H,3-4H2,1H3,(H,34,35)(H,36,37)(H2,21,27,28)(H3,22,25,26,33)/t7-,8-,10-,11-,12-,13-,18-,19-/m1/s1. The highest BCUT2D eigenvalue weighted by molar-refractivity contribution is 7.47. The average Bonchev–Trinajstić information content (AvgIpc) is 3.75. The third kappa shape index (κ3) is 5.36. The fourth-order valence-corrected chi connectivity index (χ4v) is 7.36. The minimum Gasteiger partial charge on any atom is -0.385 e. The number of imidazole rings is 1. The van der Waals surface area contributed by atoms with E-state index in [1.165, 1.54) is 17.9 Å². The van der Waals surface area contributed by atoms with E-state index < -0.39 is 83.5 Å². The Morgan fingerprint density at radius 2 is 1.72 bits per heavy atom. The van der Waals surface area contributed by atoms with Gasteiger partial charge in [0.05, 0.1) is 31.1 Å². The van der Waals surface area contributed by atoms with Crippen molar-refractivity contribution in [3.05, 3.63) is 22.9 Å². The number of hydrogen-bond acceptors (Lipinski definition) is 19. The number of rotatable bonds is 3. The summed E-state index contributed by atoms with van der Waals surface area (Å²) in [6, 6.07) is 0. The third-order valence-electron chi connectivity index (χ3n) is 7.48. The molecule has 3 saturated heterocycles. The minimum atomic E-state index is -5.06. The van der Waals surface area contributed by atoms with Gasteiger partial charge in [0.1, 0.15) is 36.6 Å². The second-order valence-electron chi connectivity index (χ2n) is 10.3. The third-order valence-corrected chi connectivity index (χ3v) is 9.45. The predicted octanol–water partition coefficient (Wildman–Crippen LogP) is -2.29. The summed E-state index contributed by atoms with van der Waals surface area (Å²) in [6.45, 7) is -1.51. The van der Waals surface area contributed by atoms with Crippen molar-refractivity contribution in [2.75, 3.05) is 31.8 Å². The lowest BCUT2D eigenvalue weighted by molar-refractivity contribution is -0.0689. The number of nitrogens with two attached hydrogens (primary N) is 2. The van der Waals surface area contributed by atoms with Gasteiger partial charge < -0.3 is 40.6 Å². The van der Waals surface area contributed by atoms with Crippen LogP contribution in [-0.2, 0) is 41.4 Å². The molecule has 2 bridgehead atoms. The van der Waals surface area contributed by atoms with Crippen molar-refractivity contribution in [1.82, 2.24) is 44.7 Å². The Hall–Kier alpha value is -3.51. The number of nitrogens with zero attached hydrogens (tertiary/aromatic N) is 8. The summed E-state index contributed by atoms with van der Waals surface area (Å²) in [7, 11) is -8.87. The zero-order chi connectivity index (χ0) is 32.5. The van der Waals surface area contributed by atoms with Gasteiger partial charge in [0, 0.05) is 7.11 Å². The number of anilines is 2. The first-order valence-electron chi connectivity index (χ1n) is 13.2. The van der Waals surface area contributed by atoms with Crippen molar-refractivity contribution >= 4 is 49.6 Å². The molecule has 0 aliphatic carbocycles. The average molecular weight is 689 g/mol. The van der Waals surface area contributed by atoms with Crippen LogP contribution in [0.3, 0.4) is 0 Å². The van der Waals surface area contributed by atoms with Crippen molar-refractivity contribution in [2.24, 2.45) is 0 Å². The fraction of sp³-hybridized carbons (Fsp3) is 0.550. The molecule has 24 nitrogen and oxygen atoms in total. The Bertz CT molecular complexity index is 1960. The van der Waals surface area contributed by atoms with Crippen molar-refractivity contribution in [2.45, 2.75) is 49.1 Å². The molecule has 248 valence electrons. The molecule has 3 aliphatic heterocycles. The summed E-state index contributed by atoms with van der Waals surface area (Å²) in [6.07, 6.45) is -9.21. The molecule has 10 atom stereocenters. The monoisotopic (exact) mass is 689 g/mol. The number of nitrogen functional groups attached to an aromatic ring is 2. The smallest absolute Gasteiger partial charge is 0.385 e. The number of fused-ring (bicyclic) bond motifs is 5. The molecule has 0 aromatic carbocycles. The van der Waals surface area contributed by atoms with Crippen LogP contribution in [0, 0.1) is 0 Å². The van der Waals surface area contributed by atoms with E-state index in [0.29, 0.717) is 0 Å². The van der Waals surface area contributed by atoms with E-state index in [4.69, 9.17) is 43.8 Å². The lowest BCUT2D eigenvalue weighted by Crippen LogP contribution is -2.37. The van der Waals surface area contributed by atoms with E-state index in [1.807, 2.05) is 0 Å². The largest absolute Gasteiger partial charge is 0.472 e. The van der Waals surface area contributed by atoms with E-state index in [0.717, 1.165) is 11.0 Å². The molecule has 0 spiro atoms. The van der Waals surface area contributed by atoms with Crippen molar-refractivity contribution in [3.8, 4) is 0 Å². The number of hydrogen-bond donors (Lipinski definition) is 6. The SMILES string of the molecule is CO[C@H]1[C@H]2OP(=O)(O)OC[C@H]3O[C@@H](n4ncc5c(N)nnnc54)[C@H](O)[C@@H]3OP(=O)(O)OC[C@H]1O[C@H]2n1cnc2c(=O)[nH]c(N)nc21.